The molecule has 3 nitrogen and oxygen atoms in total. The number of benzene rings is 1. The van der Waals surface area contributed by atoms with Gasteiger partial charge in [0.05, 0.1) is 0 Å². The number of nitrogens with one attached hydrogen (secondary N) is 1. The Morgan fingerprint density at radius 3 is 2.83 bits per heavy atom. The number of hydrogen-bond donors (Lipinski definition) is 1. The summed E-state index contributed by atoms with van der Waals surface area (Å²) in [6, 6.07) is 5.56. The zero-order valence-corrected chi connectivity index (χ0v) is 11.3. The van der Waals surface area contributed by atoms with Crippen LogP contribution in [0.4, 0.5) is 11.5 Å². The van der Waals surface area contributed by atoms with Crippen molar-refractivity contribution in [3.63, 3.8) is 0 Å². The highest BCUT2D eigenvalue weighted by Gasteiger charge is 2.04. The second-order valence-corrected chi connectivity index (χ2v) is 4.48. The van der Waals surface area contributed by atoms with Gasteiger partial charge >= 0.3 is 0 Å². The predicted octanol–water partition coefficient (Wildman–Crippen LogP) is 4.48. The van der Waals surface area contributed by atoms with E-state index in [9.17, 15) is 0 Å². The number of hydrogen-bond acceptors (Lipinski definition) is 3. The molecular formula is C13H11Cl2N3. The van der Waals surface area contributed by atoms with Gasteiger partial charge in [-0.05, 0) is 42.3 Å². The van der Waals surface area contributed by atoms with Crippen LogP contribution >= 0.6 is 23.2 Å². The molecule has 0 spiro atoms. The Morgan fingerprint density at radius 1 is 1.33 bits per heavy atom. The van der Waals surface area contributed by atoms with E-state index in [1.165, 1.54) is 0 Å². The second kappa shape index (κ2) is 5.38. The number of nitrogens with zero attached hydrogens (tertiary/aromatic N) is 2. The summed E-state index contributed by atoms with van der Waals surface area (Å²) in [6.45, 7) is 5.62. The third kappa shape index (κ3) is 2.81. The molecule has 0 aliphatic rings. The molecule has 0 bridgehead atoms. The van der Waals surface area contributed by atoms with E-state index in [4.69, 9.17) is 23.2 Å². The van der Waals surface area contributed by atoms with Crippen LogP contribution in [0.2, 0.25) is 10.3 Å². The summed E-state index contributed by atoms with van der Waals surface area (Å²) in [5, 5.41) is 4.04. The number of aromatic nitrogens is 2. The Labute approximate surface area is 115 Å². The fourth-order valence-corrected chi connectivity index (χ4v) is 1.79. The van der Waals surface area contributed by atoms with Crippen LogP contribution in [0.15, 0.2) is 31.0 Å². The Morgan fingerprint density at radius 2 is 2.11 bits per heavy atom. The third-order valence-electron chi connectivity index (χ3n) is 2.42. The zero-order chi connectivity index (χ0) is 13.1. The molecule has 0 aliphatic carbocycles. The second-order valence-electron chi connectivity index (χ2n) is 3.74. The van der Waals surface area contributed by atoms with Crippen molar-refractivity contribution >= 4 is 40.8 Å². The summed E-state index contributed by atoms with van der Waals surface area (Å²) >= 11 is 11.8. The van der Waals surface area contributed by atoms with Gasteiger partial charge in [-0.3, -0.25) is 0 Å². The van der Waals surface area contributed by atoms with Crippen molar-refractivity contribution in [2.24, 2.45) is 0 Å². The van der Waals surface area contributed by atoms with Crippen molar-refractivity contribution in [2.75, 3.05) is 5.32 Å². The molecular weight excluding hydrogens is 269 g/mol. The van der Waals surface area contributed by atoms with Crippen LogP contribution < -0.4 is 5.32 Å². The Kier molecular flexibility index (Phi) is 3.84. The minimum Gasteiger partial charge on any atom is -0.340 e. The van der Waals surface area contributed by atoms with Gasteiger partial charge in [-0.2, -0.15) is 0 Å². The third-order valence-corrected chi connectivity index (χ3v) is 2.95. The topological polar surface area (TPSA) is 37.8 Å². The number of aryl methyl sites for hydroxylation is 1. The number of anilines is 2. The zero-order valence-electron chi connectivity index (χ0n) is 9.74. The van der Waals surface area contributed by atoms with Crippen molar-refractivity contribution in [1.29, 1.82) is 0 Å². The van der Waals surface area contributed by atoms with E-state index < -0.39 is 0 Å². The van der Waals surface area contributed by atoms with E-state index in [0.29, 0.717) is 10.8 Å². The van der Waals surface area contributed by atoms with Crippen molar-refractivity contribution in [3.8, 4) is 0 Å². The van der Waals surface area contributed by atoms with Crippen LogP contribution in [0.1, 0.15) is 11.1 Å². The Balaban J connectivity index is 2.34. The van der Waals surface area contributed by atoms with Crippen molar-refractivity contribution in [3.05, 3.63) is 52.4 Å². The van der Waals surface area contributed by atoms with Crippen LogP contribution in [0, 0.1) is 6.92 Å². The van der Waals surface area contributed by atoms with Gasteiger partial charge < -0.3 is 5.32 Å². The highest BCUT2D eigenvalue weighted by Crippen LogP contribution is 2.24. The van der Waals surface area contributed by atoms with E-state index in [0.717, 1.165) is 16.8 Å². The van der Waals surface area contributed by atoms with Gasteiger partial charge in [-0.1, -0.05) is 24.3 Å². The first-order valence-electron chi connectivity index (χ1n) is 5.28. The molecule has 1 heterocycles. The largest absolute Gasteiger partial charge is 0.340 e. The van der Waals surface area contributed by atoms with Crippen molar-refractivity contribution in [1.82, 2.24) is 9.97 Å². The maximum absolute atomic E-state index is 6.01. The summed E-state index contributed by atoms with van der Waals surface area (Å²) in [5.74, 6) is 0.673. The molecule has 0 atom stereocenters. The lowest BCUT2D eigenvalue weighted by Crippen LogP contribution is -1.98. The smallest absolute Gasteiger partial charge is 0.224 e. The van der Waals surface area contributed by atoms with E-state index in [2.05, 4.69) is 21.9 Å². The first-order valence-corrected chi connectivity index (χ1v) is 6.04. The van der Waals surface area contributed by atoms with Crippen LogP contribution in [0.25, 0.3) is 6.08 Å². The van der Waals surface area contributed by atoms with Crippen LogP contribution in [0.5, 0.6) is 0 Å². The molecule has 1 aromatic carbocycles. The monoisotopic (exact) mass is 279 g/mol. The van der Waals surface area contributed by atoms with Crippen molar-refractivity contribution < 1.29 is 0 Å². The highest BCUT2D eigenvalue weighted by atomic mass is 35.5. The van der Waals surface area contributed by atoms with Gasteiger partial charge in [-0.25, -0.2) is 9.97 Å². The molecule has 92 valence electrons. The summed E-state index contributed by atoms with van der Waals surface area (Å²) in [4.78, 5) is 8.04. The molecule has 18 heavy (non-hydrogen) atoms. The first-order chi connectivity index (χ1) is 8.60. The molecule has 5 heteroatoms. The average molecular weight is 280 g/mol. The summed E-state index contributed by atoms with van der Waals surface area (Å²) < 4.78 is 0. The first kappa shape index (κ1) is 12.9. The fourth-order valence-electron chi connectivity index (χ4n) is 1.46. The maximum Gasteiger partial charge on any atom is 0.224 e. The van der Waals surface area contributed by atoms with Crippen LogP contribution in [0.3, 0.4) is 0 Å². The van der Waals surface area contributed by atoms with E-state index in [1.807, 2.05) is 19.1 Å². The summed E-state index contributed by atoms with van der Waals surface area (Å²) in [7, 11) is 0. The van der Waals surface area contributed by atoms with E-state index in [-0.39, 0.29) is 5.28 Å². The van der Waals surface area contributed by atoms with Gasteiger partial charge in [0.1, 0.15) is 5.82 Å². The molecule has 0 unspecified atom stereocenters. The van der Waals surface area contributed by atoms with Gasteiger partial charge in [0.15, 0.2) is 0 Å². The maximum atomic E-state index is 6.01. The minimum atomic E-state index is 0.209. The molecule has 0 saturated carbocycles. The molecule has 0 saturated heterocycles. The fraction of sp³-hybridized carbons (Fsp3) is 0.0769. The quantitative estimate of drug-likeness (QED) is 0.842. The minimum absolute atomic E-state index is 0.209. The lowest BCUT2D eigenvalue weighted by Gasteiger charge is -2.09. The number of rotatable bonds is 3. The summed E-state index contributed by atoms with van der Waals surface area (Å²) in [6.07, 6.45) is 3.37. The molecule has 0 radical (unpaired) electrons. The highest BCUT2D eigenvalue weighted by molar-refractivity contribution is 6.32. The number of halogens is 2. The molecule has 0 fully saturated rings. The van der Waals surface area contributed by atoms with Crippen LogP contribution in [-0.2, 0) is 0 Å². The predicted molar refractivity (Wildman–Crippen MR) is 76.6 cm³/mol. The van der Waals surface area contributed by atoms with Gasteiger partial charge in [0.2, 0.25) is 5.28 Å². The molecule has 2 rings (SSSR count). The Hall–Kier alpha value is -1.58. The van der Waals surface area contributed by atoms with Gasteiger partial charge in [-0.15, -0.1) is 0 Å². The molecule has 1 aromatic heterocycles. The standard InChI is InChI=1S/C13H11Cl2N3/c1-3-9-6-10(4-5-11(9)14)17-12-8(2)7-16-13(15)18-12/h3-7H,1H2,2H3,(H,16,17,18). The van der Waals surface area contributed by atoms with Crippen LogP contribution in [-0.4, -0.2) is 9.97 Å². The molecule has 1 N–H and O–H groups in total. The lowest BCUT2D eigenvalue weighted by atomic mass is 10.2. The molecule has 2 aromatic rings. The normalized spacial score (nSPS) is 10.2. The van der Waals surface area contributed by atoms with Gasteiger partial charge in [0, 0.05) is 22.5 Å². The lowest BCUT2D eigenvalue weighted by molar-refractivity contribution is 1.13. The van der Waals surface area contributed by atoms with Gasteiger partial charge in [0.25, 0.3) is 0 Å². The molecule has 0 aliphatic heterocycles. The summed E-state index contributed by atoms with van der Waals surface area (Å²) in [5.41, 5.74) is 2.64. The average Bonchev–Trinajstić information content (AvgIpc) is 2.36. The van der Waals surface area contributed by atoms with Crippen molar-refractivity contribution in [2.45, 2.75) is 6.92 Å². The molecule has 0 amide bonds. The Bertz CT molecular complexity index is 597. The van der Waals surface area contributed by atoms with E-state index in [1.54, 1.807) is 18.3 Å². The van der Waals surface area contributed by atoms with E-state index >= 15 is 0 Å². The SMILES string of the molecule is C=Cc1cc(Nc2nc(Cl)ncc2C)ccc1Cl.